The standard InChI is InChI=1S/C12H13IN2O2/c1-8-2-3-9(6-10(8)13)15-5-4-11(16)14-7-12(15)17/h2-3,6H,4-5,7H2,1H3,(H,14,16). The molecule has 1 saturated heterocycles. The van der Waals surface area contributed by atoms with E-state index in [1.54, 1.807) is 4.90 Å². The van der Waals surface area contributed by atoms with Gasteiger partial charge in [-0.15, -0.1) is 0 Å². The first-order valence-corrected chi connectivity index (χ1v) is 6.49. The van der Waals surface area contributed by atoms with Crippen molar-refractivity contribution in [3.63, 3.8) is 0 Å². The van der Waals surface area contributed by atoms with Crippen LogP contribution in [-0.2, 0) is 9.59 Å². The SMILES string of the molecule is Cc1ccc(N2CCC(=O)NCC2=O)cc1I. The first kappa shape index (κ1) is 12.3. The molecule has 0 aliphatic carbocycles. The number of carbonyl (C=O) groups excluding carboxylic acids is 2. The first-order chi connectivity index (χ1) is 8.08. The topological polar surface area (TPSA) is 49.4 Å². The second-order valence-electron chi connectivity index (χ2n) is 4.01. The van der Waals surface area contributed by atoms with E-state index in [-0.39, 0.29) is 18.4 Å². The van der Waals surface area contributed by atoms with Gasteiger partial charge in [-0.3, -0.25) is 9.59 Å². The van der Waals surface area contributed by atoms with Crippen LogP contribution in [0.5, 0.6) is 0 Å². The summed E-state index contributed by atoms with van der Waals surface area (Å²) in [4.78, 5) is 24.8. The van der Waals surface area contributed by atoms with Crippen LogP contribution in [0.2, 0.25) is 0 Å². The van der Waals surface area contributed by atoms with Crippen molar-refractivity contribution in [1.29, 1.82) is 0 Å². The zero-order chi connectivity index (χ0) is 12.4. The molecule has 0 spiro atoms. The second kappa shape index (κ2) is 5.03. The molecular formula is C12H13IN2O2. The van der Waals surface area contributed by atoms with Crippen LogP contribution in [0.25, 0.3) is 0 Å². The van der Waals surface area contributed by atoms with Crippen LogP contribution < -0.4 is 10.2 Å². The van der Waals surface area contributed by atoms with Gasteiger partial charge in [0.2, 0.25) is 11.8 Å². The second-order valence-corrected chi connectivity index (χ2v) is 5.17. The highest BCUT2D eigenvalue weighted by Crippen LogP contribution is 2.21. The Morgan fingerprint density at radius 3 is 2.82 bits per heavy atom. The lowest BCUT2D eigenvalue weighted by atomic mass is 10.2. The Morgan fingerprint density at radius 2 is 2.12 bits per heavy atom. The Morgan fingerprint density at radius 1 is 1.35 bits per heavy atom. The molecule has 1 aromatic carbocycles. The molecular weight excluding hydrogens is 331 g/mol. The van der Waals surface area contributed by atoms with Crippen molar-refractivity contribution in [2.45, 2.75) is 13.3 Å². The quantitative estimate of drug-likeness (QED) is 0.784. The molecule has 0 radical (unpaired) electrons. The number of halogens is 1. The number of hydrogen-bond donors (Lipinski definition) is 1. The fraction of sp³-hybridized carbons (Fsp3) is 0.333. The zero-order valence-electron chi connectivity index (χ0n) is 9.50. The summed E-state index contributed by atoms with van der Waals surface area (Å²) in [6.45, 7) is 2.56. The Balaban J connectivity index is 2.28. The molecule has 1 heterocycles. The summed E-state index contributed by atoms with van der Waals surface area (Å²) in [6.07, 6.45) is 0.357. The summed E-state index contributed by atoms with van der Waals surface area (Å²) < 4.78 is 1.12. The number of carbonyl (C=O) groups is 2. The number of benzene rings is 1. The van der Waals surface area contributed by atoms with Gasteiger partial charge in [0.25, 0.3) is 0 Å². The van der Waals surface area contributed by atoms with E-state index in [0.29, 0.717) is 13.0 Å². The van der Waals surface area contributed by atoms with Gasteiger partial charge in [-0.25, -0.2) is 0 Å². The molecule has 17 heavy (non-hydrogen) atoms. The third kappa shape index (κ3) is 2.77. The molecule has 1 aliphatic rings. The van der Waals surface area contributed by atoms with E-state index >= 15 is 0 Å². The van der Waals surface area contributed by atoms with Gasteiger partial charge < -0.3 is 10.2 Å². The molecule has 90 valence electrons. The van der Waals surface area contributed by atoms with Crippen molar-refractivity contribution >= 4 is 40.1 Å². The summed E-state index contributed by atoms with van der Waals surface area (Å²) in [6, 6.07) is 5.89. The van der Waals surface area contributed by atoms with Crippen molar-refractivity contribution in [3.05, 3.63) is 27.3 Å². The van der Waals surface area contributed by atoms with Crippen molar-refractivity contribution in [2.75, 3.05) is 18.0 Å². The van der Waals surface area contributed by atoms with Gasteiger partial charge in [0, 0.05) is 22.2 Å². The normalized spacial score (nSPS) is 16.7. The molecule has 0 bridgehead atoms. The lowest BCUT2D eigenvalue weighted by molar-refractivity contribution is -0.123. The van der Waals surface area contributed by atoms with Crippen LogP contribution in [0.15, 0.2) is 18.2 Å². The Hall–Kier alpha value is -1.11. The summed E-state index contributed by atoms with van der Waals surface area (Å²) in [5.74, 6) is -0.127. The lowest BCUT2D eigenvalue weighted by Crippen LogP contribution is -2.35. The Bertz CT molecular complexity index is 474. The molecule has 1 fully saturated rings. The highest BCUT2D eigenvalue weighted by atomic mass is 127. The van der Waals surface area contributed by atoms with Gasteiger partial charge >= 0.3 is 0 Å². The average Bonchev–Trinajstić information content (AvgIpc) is 2.46. The van der Waals surface area contributed by atoms with Crippen LogP contribution in [0, 0.1) is 10.5 Å². The summed E-state index contributed by atoms with van der Waals surface area (Å²) in [5, 5.41) is 2.59. The van der Waals surface area contributed by atoms with Crippen molar-refractivity contribution in [2.24, 2.45) is 0 Å². The van der Waals surface area contributed by atoms with Gasteiger partial charge in [-0.05, 0) is 47.2 Å². The van der Waals surface area contributed by atoms with E-state index in [1.807, 2.05) is 25.1 Å². The summed E-state index contributed by atoms with van der Waals surface area (Å²) >= 11 is 2.25. The molecule has 1 aromatic rings. The molecule has 0 unspecified atom stereocenters. The van der Waals surface area contributed by atoms with E-state index in [0.717, 1.165) is 9.26 Å². The molecule has 2 rings (SSSR count). The van der Waals surface area contributed by atoms with Gasteiger partial charge in [0.15, 0.2) is 0 Å². The molecule has 0 saturated carbocycles. The average molecular weight is 344 g/mol. The molecule has 0 aromatic heterocycles. The van der Waals surface area contributed by atoms with Gasteiger partial charge in [-0.2, -0.15) is 0 Å². The summed E-state index contributed by atoms with van der Waals surface area (Å²) in [7, 11) is 0. The van der Waals surface area contributed by atoms with Crippen LogP contribution in [0.3, 0.4) is 0 Å². The highest BCUT2D eigenvalue weighted by molar-refractivity contribution is 14.1. The molecule has 5 heteroatoms. The van der Waals surface area contributed by atoms with E-state index in [2.05, 4.69) is 27.9 Å². The van der Waals surface area contributed by atoms with E-state index in [9.17, 15) is 9.59 Å². The van der Waals surface area contributed by atoms with E-state index in [1.165, 1.54) is 5.56 Å². The molecule has 1 N–H and O–H groups in total. The molecule has 0 atom stereocenters. The maximum Gasteiger partial charge on any atom is 0.246 e. The minimum absolute atomic E-state index is 0.0597. The minimum atomic E-state index is -0.0670. The molecule has 2 amide bonds. The maximum atomic E-state index is 11.9. The molecule has 4 nitrogen and oxygen atoms in total. The maximum absolute atomic E-state index is 11.9. The Labute approximate surface area is 114 Å². The Kier molecular flexibility index (Phi) is 3.66. The van der Waals surface area contributed by atoms with Gasteiger partial charge in [0.1, 0.15) is 0 Å². The predicted octanol–water partition coefficient (Wildman–Crippen LogP) is 1.45. The number of aryl methyl sites for hydroxylation is 1. The fourth-order valence-electron chi connectivity index (χ4n) is 1.72. The molecule has 1 aliphatic heterocycles. The van der Waals surface area contributed by atoms with Crippen molar-refractivity contribution < 1.29 is 9.59 Å². The van der Waals surface area contributed by atoms with Crippen molar-refractivity contribution in [3.8, 4) is 0 Å². The monoisotopic (exact) mass is 344 g/mol. The van der Waals surface area contributed by atoms with Crippen LogP contribution >= 0.6 is 22.6 Å². The minimum Gasteiger partial charge on any atom is -0.347 e. The third-order valence-corrected chi connectivity index (χ3v) is 3.93. The lowest BCUT2D eigenvalue weighted by Gasteiger charge is -2.20. The predicted molar refractivity (Wildman–Crippen MR) is 73.9 cm³/mol. The first-order valence-electron chi connectivity index (χ1n) is 5.41. The van der Waals surface area contributed by atoms with Crippen LogP contribution in [0.4, 0.5) is 5.69 Å². The third-order valence-electron chi connectivity index (χ3n) is 2.77. The number of nitrogens with zero attached hydrogens (tertiary/aromatic N) is 1. The van der Waals surface area contributed by atoms with Gasteiger partial charge in [0.05, 0.1) is 6.54 Å². The number of anilines is 1. The van der Waals surface area contributed by atoms with Gasteiger partial charge in [-0.1, -0.05) is 6.07 Å². The fourth-order valence-corrected chi connectivity index (χ4v) is 2.22. The number of rotatable bonds is 1. The van der Waals surface area contributed by atoms with E-state index < -0.39 is 0 Å². The highest BCUT2D eigenvalue weighted by Gasteiger charge is 2.21. The summed E-state index contributed by atoms with van der Waals surface area (Å²) in [5.41, 5.74) is 2.05. The van der Waals surface area contributed by atoms with E-state index in [4.69, 9.17) is 0 Å². The largest absolute Gasteiger partial charge is 0.347 e. The zero-order valence-corrected chi connectivity index (χ0v) is 11.7. The number of nitrogens with one attached hydrogen (secondary N) is 1. The smallest absolute Gasteiger partial charge is 0.246 e. The van der Waals surface area contributed by atoms with Crippen molar-refractivity contribution in [1.82, 2.24) is 5.32 Å². The van der Waals surface area contributed by atoms with Crippen LogP contribution in [-0.4, -0.2) is 24.9 Å². The number of hydrogen-bond acceptors (Lipinski definition) is 2. The number of amides is 2. The van der Waals surface area contributed by atoms with Crippen LogP contribution in [0.1, 0.15) is 12.0 Å².